The third-order valence-corrected chi connectivity index (χ3v) is 16.9. The zero-order valence-corrected chi connectivity index (χ0v) is 54.8. The number of unbranched alkanes of at least 4 members (excludes halogenated alkanes) is 1. The van der Waals surface area contributed by atoms with E-state index in [0.29, 0.717) is 68.4 Å². The van der Waals surface area contributed by atoms with Gasteiger partial charge in [0.1, 0.15) is 17.8 Å². The van der Waals surface area contributed by atoms with E-state index in [0.717, 1.165) is 27.6 Å². The third kappa shape index (κ3) is 26.0. The van der Waals surface area contributed by atoms with Crippen molar-refractivity contribution in [3.8, 4) is 5.75 Å². The minimum absolute atomic E-state index is 0.0530. The summed E-state index contributed by atoms with van der Waals surface area (Å²) in [5, 5.41) is 40.4. The first-order valence-corrected chi connectivity index (χ1v) is 32.2. The number of carbonyl (C=O) groups excluding carboxylic acids is 7. The lowest BCUT2D eigenvalue weighted by atomic mass is 10.1. The zero-order chi connectivity index (χ0) is 67.5. The van der Waals surface area contributed by atoms with Gasteiger partial charge in [0.05, 0.1) is 76.5 Å². The van der Waals surface area contributed by atoms with Gasteiger partial charge in [-0.2, -0.15) is 0 Å². The summed E-state index contributed by atoms with van der Waals surface area (Å²) < 4.78 is 40.5. The van der Waals surface area contributed by atoms with Crippen LogP contribution in [0.1, 0.15) is 67.3 Å². The predicted molar refractivity (Wildman–Crippen MR) is 345 cm³/mol. The normalized spacial score (nSPS) is 18.0. The number of rotatable bonds is 32. The fourth-order valence-corrected chi connectivity index (χ4v) is 11.6. The van der Waals surface area contributed by atoms with Crippen LogP contribution in [-0.4, -0.2) is 296 Å². The smallest absolute Gasteiger partial charge is 0.317 e. The second kappa shape index (κ2) is 37.9. The first-order chi connectivity index (χ1) is 44.5. The van der Waals surface area contributed by atoms with E-state index in [4.69, 9.17) is 9.47 Å². The Morgan fingerprint density at radius 2 is 1.32 bits per heavy atom. The Kier molecular flexibility index (Phi) is 30.4. The van der Waals surface area contributed by atoms with Gasteiger partial charge in [-0.1, -0.05) is 12.1 Å². The number of fused-ring (bicyclic) bond motifs is 1. The molecule has 0 bridgehead atoms. The number of benzene rings is 2. The maximum Gasteiger partial charge on any atom is 0.317 e. The summed E-state index contributed by atoms with van der Waals surface area (Å²) >= 11 is 2.23. The van der Waals surface area contributed by atoms with E-state index in [1.807, 2.05) is 24.3 Å². The number of aliphatic carboxylic acids is 3. The number of pyridine rings is 1. The van der Waals surface area contributed by atoms with E-state index >= 15 is 0 Å². The van der Waals surface area contributed by atoms with Crippen LogP contribution in [0.2, 0.25) is 0 Å². The van der Waals surface area contributed by atoms with Crippen LogP contribution in [0.15, 0.2) is 59.7 Å². The van der Waals surface area contributed by atoms with Crippen molar-refractivity contribution >= 4 is 99.0 Å². The van der Waals surface area contributed by atoms with Gasteiger partial charge in [-0.15, -0.1) is 0 Å². The SMILES string of the molecule is CN=C[C@H]1CC(F)(F)CN1C(=O)CNC(=O)c1ccnc2ccc(OCCCN3CCN(C(=O)[C@H](CC(=O)OC)NC(=O)[C@H](CCCCNC(=O)CCCc4ccc(I)cc4)NC(=O)CN4CCN(CC(=O)O)CCN(CC(=O)O)CCN(CC(=O)O)CC4)CC3)cc12. The van der Waals surface area contributed by atoms with Gasteiger partial charge in [-0.25, -0.2) is 8.78 Å². The van der Waals surface area contributed by atoms with Gasteiger partial charge in [-0.05, 0) is 103 Å². The molecule has 31 heteroatoms. The van der Waals surface area contributed by atoms with Crippen LogP contribution in [0.25, 0.3) is 10.9 Å². The Labute approximate surface area is 552 Å². The second-order valence-corrected chi connectivity index (χ2v) is 24.5. The number of nitrogens with zero attached hydrogens (tertiary/aromatic N) is 9. The molecule has 0 aliphatic carbocycles. The van der Waals surface area contributed by atoms with Gasteiger partial charge >= 0.3 is 23.9 Å². The minimum Gasteiger partial charge on any atom is -0.494 e. The molecular formula is C62H86F2IN13O15. The molecule has 0 radical (unpaired) electrons. The average Bonchev–Trinajstić information content (AvgIpc) is 1.81. The van der Waals surface area contributed by atoms with Crippen LogP contribution >= 0.6 is 22.6 Å². The maximum absolute atomic E-state index is 14.5. The molecule has 0 unspecified atom stereocenters. The number of hydrogen-bond donors (Lipinski definition) is 7. The first kappa shape index (κ1) is 74.4. The van der Waals surface area contributed by atoms with E-state index in [-0.39, 0.29) is 123 Å². The van der Waals surface area contributed by atoms with Gasteiger partial charge in [0, 0.05) is 133 Å². The van der Waals surface area contributed by atoms with Crippen molar-refractivity contribution in [2.24, 2.45) is 4.99 Å². The van der Waals surface area contributed by atoms with Crippen LogP contribution in [0, 0.1) is 3.57 Å². The molecule has 3 aliphatic rings. The Bertz CT molecular complexity index is 3040. The lowest BCUT2D eigenvalue weighted by Gasteiger charge is -2.36. The second-order valence-electron chi connectivity index (χ2n) is 23.2. The standard InChI is InChI=1S/C62H86F2IN13O15/c1-66-36-45-35-62(63,64)42-78(45)54(81)37-69-59(89)47-16-18-67-49-15-14-46(33-48(47)49)93-32-6-19-72-28-30-77(31-29-72)61(91)51(34-58(88)92-2)71-60(90)50(8-3-4-17-68-52(79)9-5-7-43-10-12-44(65)13-11-43)70-53(80)38-73-20-22-74(39-55(82)83)24-26-76(41-57(86)87)27-25-75(23-21-73)40-56(84)85/h10-16,18,33,36,45,50-51H,3-9,17,19-32,34-35,37-42H2,1-2H3,(H,68,79)(H,69,89)(H,70,80)(H,71,90)(H,82,83)(H,84,85)(H,86,87)/t45-,50+,51+/m1/s1. The Hall–Kier alpha value is -7.59. The van der Waals surface area contributed by atoms with Crippen LogP contribution < -0.4 is 26.0 Å². The highest BCUT2D eigenvalue weighted by Crippen LogP contribution is 2.31. The highest BCUT2D eigenvalue weighted by atomic mass is 127. The molecule has 6 rings (SSSR count). The number of aromatic nitrogens is 1. The van der Waals surface area contributed by atoms with Gasteiger partial charge < -0.3 is 55.9 Å². The predicted octanol–water partition coefficient (Wildman–Crippen LogP) is 0.737. The van der Waals surface area contributed by atoms with Crippen LogP contribution in [0.5, 0.6) is 5.75 Å². The summed E-state index contributed by atoms with van der Waals surface area (Å²) in [6.07, 6.45) is 4.67. The maximum atomic E-state index is 14.5. The number of carboxylic acids is 3. The van der Waals surface area contributed by atoms with Gasteiger partial charge in [0.2, 0.25) is 29.5 Å². The Morgan fingerprint density at radius 3 is 1.91 bits per heavy atom. The van der Waals surface area contributed by atoms with Crippen molar-refractivity contribution in [1.82, 2.24) is 60.6 Å². The molecule has 93 heavy (non-hydrogen) atoms. The summed E-state index contributed by atoms with van der Waals surface area (Å²) in [4.78, 5) is 150. The number of halogens is 3. The van der Waals surface area contributed by atoms with Crippen molar-refractivity contribution in [2.75, 3.05) is 152 Å². The molecule has 3 atom stereocenters. The van der Waals surface area contributed by atoms with Crippen molar-refractivity contribution in [2.45, 2.75) is 81.8 Å². The van der Waals surface area contributed by atoms with Gasteiger partial charge in [0.15, 0.2) is 0 Å². The van der Waals surface area contributed by atoms with E-state index in [2.05, 4.69) is 58.7 Å². The van der Waals surface area contributed by atoms with Crippen molar-refractivity contribution in [3.05, 3.63) is 69.4 Å². The van der Waals surface area contributed by atoms with Gasteiger partial charge in [0.25, 0.3) is 11.8 Å². The number of carbonyl (C=O) groups is 10. The summed E-state index contributed by atoms with van der Waals surface area (Å²) in [6, 6.07) is 11.0. The molecule has 7 N–H and O–H groups in total. The molecular weight excluding hydrogens is 1330 g/mol. The number of aryl methyl sites for hydroxylation is 1. The number of methoxy groups -OCH3 is 1. The van der Waals surface area contributed by atoms with E-state index in [9.17, 15) is 72.0 Å². The number of hydrogen-bond acceptors (Lipinski definition) is 19. The average molecular weight is 1420 g/mol. The lowest BCUT2D eigenvalue weighted by molar-refractivity contribution is -0.147. The van der Waals surface area contributed by atoms with Gasteiger partial charge in [-0.3, -0.25) is 82.4 Å². The topological polar surface area (TPSA) is 346 Å². The van der Waals surface area contributed by atoms with Crippen LogP contribution in [-0.2, 0) is 54.3 Å². The Morgan fingerprint density at radius 1 is 0.720 bits per heavy atom. The molecule has 1 aromatic heterocycles. The highest BCUT2D eigenvalue weighted by molar-refractivity contribution is 14.1. The monoisotopic (exact) mass is 1420 g/mol. The lowest BCUT2D eigenvalue weighted by Crippen LogP contribution is -2.58. The molecule has 0 spiro atoms. The molecule has 3 fully saturated rings. The quantitative estimate of drug-likeness (QED) is 0.0196. The number of nitrogens with one attached hydrogen (secondary N) is 4. The largest absolute Gasteiger partial charge is 0.494 e. The van der Waals surface area contributed by atoms with Crippen molar-refractivity contribution < 1.29 is 81.5 Å². The number of esters is 1. The van der Waals surface area contributed by atoms with Crippen LogP contribution in [0.3, 0.4) is 0 Å². The van der Waals surface area contributed by atoms with Crippen molar-refractivity contribution in [1.29, 1.82) is 0 Å². The molecule has 28 nitrogen and oxygen atoms in total. The number of likely N-dealkylation sites (tertiary alicyclic amines) is 1. The number of piperazine rings is 1. The summed E-state index contributed by atoms with van der Waals surface area (Å²) in [6.45, 7) is 0.993. The zero-order valence-electron chi connectivity index (χ0n) is 52.6. The number of carboxylic acid groups (broad SMARTS) is 3. The highest BCUT2D eigenvalue weighted by Gasteiger charge is 2.46. The fraction of sp³-hybridized carbons (Fsp3) is 0.581. The van der Waals surface area contributed by atoms with E-state index in [1.165, 1.54) is 30.4 Å². The van der Waals surface area contributed by atoms with Crippen molar-refractivity contribution in [3.63, 3.8) is 0 Å². The minimum atomic E-state index is -3.08. The summed E-state index contributed by atoms with van der Waals surface area (Å²) in [5.74, 6) is -10.1. The fourth-order valence-electron chi connectivity index (χ4n) is 11.2. The molecule has 3 aromatic rings. The molecule has 3 aliphatic heterocycles. The van der Waals surface area contributed by atoms with Crippen LogP contribution in [0.4, 0.5) is 8.78 Å². The number of ether oxygens (including phenoxy) is 2. The molecule has 510 valence electrons. The molecule has 2 aromatic carbocycles. The summed E-state index contributed by atoms with van der Waals surface area (Å²) in [5.41, 5.74) is 1.80. The van der Waals surface area contributed by atoms with E-state index in [1.54, 1.807) is 37.8 Å². The molecule has 4 heterocycles. The number of aliphatic imine (C=N–C) groups is 1. The first-order valence-electron chi connectivity index (χ1n) is 31.1. The molecule has 3 saturated heterocycles. The molecule has 0 saturated carbocycles. The number of amides is 6. The number of alkyl halides is 2. The molecule has 6 amide bonds. The Balaban J connectivity index is 1.05. The third-order valence-electron chi connectivity index (χ3n) is 16.1. The summed E-state index contributed by atoms with van der Waals surface area (Å²) in [7, 11) is 2.58. The van der Waals surface area contributed by atoms with E-state index < -0.39 is 103 Å².